The van der Waals surface area contributed by atoms with Crippen molar-refractivity contribution in [2.45, 2.75) is 20.3 Å². The molecule has 0 aliphatic heterocycles. The third-order valence-electron chi connectivity index (χ3n) is 2.99. The van der Waals surface area contributed by atoms with Crippen LogP contribution in [0.4, 0.5) is 14.6 Å². The first-order valence-corrected chi connectivity index (χ1v) is 6.17. The molecule has 5 heteroatoms. The van der Waals surface area contributed by atoms with E-state index >= 15 is 0 Å². The van der Waals surface area contributed by atoms with Crippen molar-refractivity contribution in [3.05, 3.63) is 35.4 Å². The fourth-order valence-corrected chi connectivity index (χ4v) is 2.09. The molecule has 0 spiro atoms. The van der Waals surface area contributed by atoms with E-state index in [1.807, 2.05) is 0 Å². The van der Waals surface area contributed by atoms with Crippen molar-refractivity contribution in [3.8, 4) is 11.3 Å². The quantitative estimate of drug-likeness (QED) is 0.926. The average Bonchev–Trinajstić information content (AvgIpc) is 2.57. The number of aryl methyl sites for hydroxylation is 1. The summed E-state index contributed by atoms with van der Waals surface area (Å²) >= 11 is 0. The molecule has 2 aromatic rings. The Hall–Kier alpha value is -1.91. The topological polar surface area (TPSA) is 43.8 Å². The summed E-state index contributed by atoms with van der Waals surface area (Å²) in [6.45, 7) is 4.11. The molecular formula is C14H17F2N3. The molecule has 0 radical (unpaired) electrons. The molecule has 0 saturated carbocycles. The van der Waals surface area contributed by atoms with Crippen LogP contribution in [0.2, 0.25) is 0 Å². The summed E-state index contributed by atoms with van der Waals surface area (Å²) in [4.78, 5) is 0. The van der Waals surface area contributed by atoms with Gasteiger partial charge in [0.25, 0.3) is 0 Å². The molecule has 0 unspecified atom stereocenters. The second kappa shape index (κ2) is 4.99. The van der Waals surface area contributed by atoms with Gasteiger partial charge in [0.2, 0.25) is 0 Å². The zero-order valence-electron chi connectivity index (χ0n) is 11.2. The second-order valence-corrected chi connectivity index (χ2v) is 5.06. The van der Waals surface area contributed by atoms with Crippen LogP contribution in [-0.2, 0) is 13.5 Å². The highest BCUT2D eigenvalue weighted by Crippen LogP contribution is 2.30. The lowest BCUT2D eigenvalue weighted by Gasteiger charge is -2.07. The molecule has 0 bridgehead atoms. The van der Waals surface area contributed by atoms with Gasteiger partial charge in [-0.05, 0) is 24.5 Å². The van der Waals surface area contributed by atoms with Crippen LogP contribution in [0.25, 0.3) is 11.3 Å². The number of aromatic nitrogens is 2. The van der Waals surface area contributed by atoms with Crippen molar-refractivity contribution >= 4 is 5.82 Å². The fourth-order valence-electron chi connectivity index (χ4n) is 2.09. The van der Waals surface area contributed by atoms with E-state index in [0.717, 1.165) is 11.6 Å². The van der Waals surface area contributed by atoms with Crippen LogP contribution < -0.4 is 5.73 Å². The van der Waals surface area contributed by atoms with Gasteiger partial charge in [-0.3, -0.25) is 4.68 Å². The summed E-state index contributed by atoms with van der Waals surface area (Å²) in [6, 6.07) is 3.48. The zero-order valence-corrected chi connectivity index (χ0v) is 11.2. The molecule has 0 amide bonds. The van der Waals surface area contributed by atoms with Crippen molar-refractivity contribution in [3.63, 3.8) is 0 Å². The van der Waals surface area contributed by atoms with Gasteiger partial charge >= 0.3 is 0 Å². The lowest BCUT2D eigenvalue weighted by molar-refractivity contribution is 0.584. The molecule has 1 heterocycles. The predicted molar refractivity (Wildman–Crippen MR) is 71.5 cm³/mol. The molecule has 0 saturated heterocycles. The van der Waals surface area contributed by atoms with Crippen molar-refractivity contribution in [2.75, 3.05) is 5.73 Å². The normalized spacial score (nSPS) is 11.3. The Balaban J connectivity index is 2.58. The van der Waals surface area contributed by atoms with Gasteiger partial charge in [-0.2, -0.15) is 5.10 Å². The molecule has 1 aromatic heterocycles. The summed E-state index contributed by atoms with van der Waals surface area (Å²) in [5, 5.41) is 4.25. The van der Waals surface area contributed by atoms with E-state index in [1.165, 1.54) is 16.8 Å². The Morgan fingerprint density at radius 2 is 2.00 bits per heavy atom. The molecule has 2 N–H and O–H groups in total. The van der Waals surface area contributed by atoms with E-state index < -0.39 is 11.6 Å². The summed E-state index contributed by atoms with van der Waals surface area (Å²) in [5.74, 6) is -0.333. The largest absolute Gasteiger partial charge is 0.384 e. The van der Waals surface area contributed by atoms with E-state index in [0.29, 0.717) is 23.9 Å². The summed E-state index contributed by atoms with van der Waals surface area (Å²) in [7, 11) is 1.71. The average molecular weight is 265 g/mol. The van der Waals surface area contributed by atoms with E-state index in [4.69, 9.17) is 5.73 Å². The molecule has 0 atom stereocenters. The molecule has 3 nitrogen and oxygen atoms in total. The molecule has 1 aromatic carbocycles. The van der Waals surface area contributed by atoms with Crippen LogP contribution in [0, 0.1) is 17.6 Å². The molecule has 0 aliphatic rings. The third kappa shape index (κ3) is 2.59. The number of nitrogens with zero attached hydrogens (tertiary/aromatic N) is 2. The van der Waals surface area contributed by atoms with E-state index in [9.17, 15) is 8.78 Å². The molecule has 0 fully saturated rings. The number of halogens is 2. The van der Waals surface area contributed by atoms with Crippen molar-refractivity contribution in [1.82, 2.24) is 9.78 Å². The summed E-state index contributed by atoms with van der Waals surface area (Å²) in [6.07, 6.45) is 0.700. The van der Waals surface area contributed by atoms with Gasteiger partial charge in [-0.25, -0.2) is 8.78 Å². The van der Waals surface area contributed by atoms with Crippen LogP contribution >= 0.6 is 0 Å². The summed E-state index contributed by atoms with van der Waals surface area (Å²) in [5.41, 5.74) is 7.55. The highest BCUT2D eigenvalue weighted by Gasteiger charge is 2.19. The maximum Gasteiger partial charge on any atom is 0.135 e. The van der Waals surface area contributed by atoms with Gasteiger partial charge in [-0.15, -0.1) is 0 Å². The van der Waals surface area contributed by atoms with Crippen LogP contribution in [0.1, 0.15) is 19.4 Å². The number of hydrogen-bond donors (Lipinski definition) is 1. The van der Waals surface area contributed by atoms with Crippen molar-refractivity contribution in [1.29, 1.82) is 0 Å². The first-order valence-electron chi connectivity index (χ1n) is 6.17. The molecule has 19 heavy (non-hydrogen) atoms. The lowest BCUT2D eigenvalue weighted by Crippen LogP contribution is -2.02. The van der Waals surface area contributed by atoms with Crippen molar-refractivity contribution < 1.29 is 8.78 Å². The third-order valence-corrected chi connectivity index (χ3v) is 2.99. The molecule has 2 rings (SSSR count). The number of benzene rings is 1. The number of nitrogens with two attached hydrogens (primary N) is 1. The Kier molecular flexibility index (Phi) is 3.55. The molecule has 102 valence electrons. The first kappa shape index (κ1) is 13.5. The van der Waals surface area contributed by atoms with E-state index in [1.54, 1.807) is 7.05 Å². The highest BCUT2D eigenvalue weighted by molar-refractivity contribution is 5.69. The van der Waals surface area contributed by atoms with Crippen LogP contribution in [0.3, 0.4) is 0 Å². The van der Waals surface area contributed by atoms with Crippen LogP contribution in [-0.4, -0.2) is 9.78 Å². The van der Waals surface area contributed by atoms with E-state index in [2.05, 4.69) is 18.9 Å². The van der Waals surface area contributed by atoms with Gasteiger partial charge in [0.15, 0.2) is 0 Å². The Morgan fingerprint density at radius 1 is 1.32 bits per heavy atom. The predicted octanol–water partition coefficient (Wildman–Crippen LogP) is 3.15. The fraction of sp³-hybridized carbons (Fsp3) is 0.357. The lowest BCUT2D eigenvalue weighted by atomic mass is 9.99. The number of anilines is 1. The first-order chi connectivity index (χ1) is 8.90. The molecular weight excluding hydrogens is 248 g/mol. The second-order valence-electron chi connectivity index (χ2n) is 5.06. The molecule has 0 aliphatic carbocycles. The SMILES string of the molecule is CC(C)Cc1c(-c2ccc(F)cc2F)nn(C)c1N. The minimum atomic E-state index is -0.622. The monoisotopic (exact) mass is 265 g/mol. The number of nitrogen functional groups attached to an aromatic ring is 1. The number of rotatable bonds is 3. The Bertz CT molecular complexity index is 603. The standard InChI is InChI=1S/C14H17F2N3/c1-8(2)6-11-13(18-19(3)14(11)17)10-5-4-9(15)7-12(10)16/h4-5,7-8H,6,17H2,1-3H3. The van der Waals surface area contributed by atoms with Gasteiger partial charge in [0.1, 0.15) is 23.1 Å². The smallest absolute Gasteiger partial charge is 0.135 e. The minimum Gasteiger partial charge on any atom is -0.384 e. The zero-order chi connectivity index (χ0) is 14.2. The van der Waals surface area contributed by atoms with Gasteiger partial charge in [0, 0.05) is 24.2 Å². The maximum atomic E-state index is 13.9. The van der Waals surface area contributed by atoms with Crippen LogP contribution in [0.5, 0.6) is 0 Å². The Morgan fingerprint density at radius 3 is 2.58 bits per heavy atom. The van der Waals surface area contributed by atoms with Crippen molar-refractivity contribution in [2.24, 2.45) is 13.0 Å². The highest BCUT2D eigenvalue weighted by atomic mass is 19.1. The van der Waals surface area contributed by atoms with Gasteiger partial charge in [0.05, 0.1) is 0 Å². The number of hydrogen-bond acceptors (Lipinski definition) is 2. The Labute approximate surface area is 111 Å². The maximum absolute atomic E-state index is 13.9. The van der Waals surface area contributed by atoms with Gasteiger partial charge in [-0.1, -0.05) is 13.8 Å². The van der Waals surface area contributed by atoms with E-state index in [-0.39, 0.29) is 5.56 Å². The summed E-state index contributed by atoms with van der Waals surface area (Å²) < 4.78 is 28.4. The minimum absolute atomic E-state index is 0.282. The van der Waals surface area contributed by atoms with Gasteiger partial charge < -0.3 is 5.73 Å². The van der Waals surface area contributed by atoms with Crippen LogP contribution in [0.15, 0.2) is 18.2 Å².